The number of likely N-dealkylation sites (tertiary alicyclic amines) is 2. The van der Waals surface area contributed by atoms with E-state index >= 15 is 0 Å². The highest BCUT2D eigenvalue weighted by atomic mass is 35.5. The Morgan fingerprint density at radius 1 is 0.897 bits per heavy atom. The van der Waals surface area contributed by atoms with Gasteiger partial charge in [-0.15, -0.1) is 0 Å². The quantitative estimate of drug-likeness (QED) is 0.388. The van der Waals surface area contributed by atoms with E-state index in [1.54, 1.807) is 6.92 Å². The number of primary amides is 1. The van der Waals surface area contributed by atoms with E-state index in [-0.39, 0.29) is 17.9 Å². The van der Waals surface area contributed by atoms with Crippen LogP contribution >= 0.6 is 11.6 Å². The molecule has 0 aliphatic carbocycles. The number of benzene rings is 3. The molecule has 2 unspecified atom stereocenters. The fourth-order valence-electron chi connectivity index (χ4n) is 6.38. The standard InChI is InChI=1S/C33H38ClN3O2/c1-23(32(35)38)31(18-24-12-14-29(34)15-13-24)33(39)37-21-28(26-10-6-3-7-11-26)19-30(37)22-36-17-16-27(20-36)25-8-4-2-5-9-25/h2-15,23,27-28,30-31H,16-22H2,1H3,(H2,35,38)/t23?,27?,28-,30-,31-/m0/s1. The van der Waals surface area contributed by atoms with Crippen LogP contribution in [0.1, 0.15) is 48.3 Å². The monoisotopic (exact) mass is 543 g/mol. The topological polar surface area (TPSA) is 66.6 Å². The first-order valence-corrected chi connectivity index (χ1v) is 14.4. The number of nitrogens with two attached hydrogens (primary N) is 1. The molecule has 0 bridgehead atoms. The van der Waals surface area contributed by atoms with Gasteiger partial charge in [-0.3, -0.25) is 9.59 Å². The van der Waals surface area contributed by atoms with E-state index in [1.165, 1.54) is 11.1 Å². The summed E-state index contributed by atoms with van der Waals surface area (Å²) in [4.78, 5) is 31.2. The number of rotatable bonds is 9. The van der Waals surface area contributed by atoms with Crippen molar-refractivity contribution < 1.29 is 9.59 Å². The maximum absolute atomic E-state index is 14.3. The Kier molecular flexibility index (Phi) is 8.69. The number of carbonyl (C=O) groups is 2. The zero-order valence-corrected chi connectivity index (χ0v) is 23.3. The molecule has 5 rings (SSSR count). The second-order valence-electron chi connectivity index (χ2n) is 11.3. The Morgan fingerprint density at radius 3 is 2.13 bits per heavy atom. The largest absolute Gasteiger partial charge is 0.369 e. The van der Waals surface area contributed by atoms with Crippen LogP contribution in [0.15, 0.2) is 84.9 Å². The third-order valence-electron chi connectivity index (χ3n) is 8.72. The van der Waals surface area contributed by atoms with Crippen LogP contribution in [-0.4, -0.2) is 53.8 Å². The number of halogens is 1. The van der Waals surface area contributed by atoms with E-state index < -0.39 is 17.7 Å². The Morgan fingerprint density at radius 2 is 1.51 bits per heavy atom. The molecular weight excluding hydrogens is 506 g/mol. The lowest BCUT2D eigenvalue weighted by Gasteiger charge is -2.33. The Bertz CT molecular complexity index is 1250. The number of amides is 2. The van der Waals surface area contributed by atoms with Gasteiger partial charge < -0.3 is 15.5 Å². The molecule has 204 valence electrons. The third-order valence-corrected chi connectivity index (χ3v) is 8.97. The van der Waals surface area contributed by atoms with Crippen LogP contribution < -0.4 is 5.73 Å². The summed E-state index contributed by atoms with van der Waals surface area (Å²) in [6.07, 6.45) is 2.50. The molecule has 0 saturated carbocycles. The summed E-state index contributed by atoms with van der Waals surface area (Å²) in [7, 11) is 0. The molecule has 2 aliphatic rings. The summed E-state index contributed by atoms with van der Waals surface area (Å²) >= 11 is 6.10. The lowest BCUT2D eigenvalue weighted by atomic mass is 9.86. The maximum atomic E-state index is 14.3. The molecule has 2 fully saturated rings. The molecule has 2 N–H and O–H groups in total. The minimum Gasteiger partial charge on any atom is -0.369 e. The molecule has 5 atom stereocenters. The fourth-order valence-corrected chi connectivity index (χ4v) is 6.51. The van der Waals surface area contributed by atoms with E-state index in [9.17, 15) is 9.59 Å². The van der Waals surface area contributed by atoms with Crippen LogP contribution in [0.25, 0.3) is 0 Å². The average molecular weight is 544 g/mol. The van der Waals surface area contributed by atoms with Crippen molar-refractivity contribution in [2.75, 3.05) is 26.2 Å². The van der Waals surface area contributed by atoms with Crippen molar-refractivity contribution in [1.29, 1.82) is 0 Å². The van der Waals surface area contributed by atoms with Gasteiger partial charge in [0.15, 0.2) is 0 Å². The predicted octanol–water partition coefficient (Wildman–Crippen LogP) is 5.49. The van der Waals surface area contributed by atoms with E-state index in [0.717, 1.165) is 38.0 Å². The molecule has 3 aromatic carbocycles. The van der Waals surface area contributed by atoms with Gasteiger partial charge >= 0.3 is 0 Å². The molecule has 2 amide bonds. The summed E-state index contributed by atoms with van der Waals surface area (Å²) in [5.41, 5.74) is 9.40. The fraction of sp³-hybridized carbons (Fsp3) is 0.394. The first-order valence-electron chi connectivity index (χ1n) is 14.1. The highest BCUT2D eigenvalue weighted by molar-refractivity contribution is 6.30. The van der Waals surface area contributed by atoms with E-state index in [0.29, 0.717) is 23.9 Å². The van der Waals surface area contributed by atoms with Crippen LogP contribution in [0.2, 0.25) is 5.02 Å². The van der Waals surface area contributed by atoms with Gasteiger partial charge in [-0.05, 0) is 60.5 Å². The van der Waals surface area contributed by atoms with Crippen LogP contribution in [0.4, 0.5) is 0 Å². The van der Waals surface area contributed by atoms with Gasteiger partial charge in [0.1, 0.15) is 0 Å². The smallest absolute Gasteiger partial charge is 0.227 e. The van der Waals surface area contributed by atoms with E-state index in [4.69, 9.17) is 17.3 Å². The molecule has 0 spiro atoms. The molecule has 6 heteroatoms. The molecule has 2 aliphatic heterocycles. The Balaban J connectivity index is 1.37. The number of hydrogen-bond acceptors (Lipinski definition) is 3. The third kappa shape index (κ3) is 6.54. The molecule has 2 heterocycles. The van der Waals surface area contributed by atoms with Crippen molar-refractivity contribution in [1.82, 2.24) is 9.80 Å². The first-order chi connectivity index (χ1) is 18.9. The Hall–Kier alpha value is -3.15. The number of carbonyl (C=O) groups excluding carboxylic acids is 2. The van der Waals surface area contributed by atoms with Crippen molar-refractivity contribution in [3.05, 3.63) is 107 Å². The van der Waals surface area contributed by atoms with Gasteiger partial charge in [0.25, 0.3) is 0 Å². The maximum Gasteiger partial charge on any atom is 0.227 e. The lowest BCUT2D eigenvalue weighted by molar-refractivity contribution is -0.141. The first kappa shape index (κ1) is 27.4. The summed E-state index contributed by atoms with van der Waals surface area (Å²) in [6.45, 7) is 5.32. The highest BCUT2D eigenvalue weighted by Crippen LogP contribution is 2.36. The molecule has 39 heavy (non-hydrogen) atoms. The summed E-state index contributed by atoms with van der Waals surface area (Å²) in [6, 6.07) is 28.8. The van der Waals surface area contributed by atoms with E-state index in [1.807, 2.05) is 30.3 Å². The molecule has 3 aromatic rings. The lowest BCUT2D eigenvalue weighted by Crippen LogP contribution is -2.48. The van der Waals surface area contributed by atoms with Crippen molar-refractivity contribution in [2.24, 2.45) is 17.6 Å². The predicted molar refractivity (Wildman–Crippen MR) is 157 cm³/mol. The molecule has 0 aromatic heterocycles. The Labute approximate surface area is 236 Å². The second kappa shape index (κ2) is 12.4. The van der Waals surface area contributed by atoms with Crippen molar-refractivity contribution >= 4 is 23.4 Å². The second-order valence-corrected chi connectivity index (χ2v) is 11.7. The molecule has 5 nitrogen and oxygen atoms in total. The van der Waals surface area contributed by atoms with Crippen molar-refractivity contribution in [3.8, 4) is 0 Å². The van der Waals surface area contributed by atoms with Gasteiger partial charge in [0, 0.05) is 42.5 Å². The van der Waals surface area contributed by atoms with Crippen molar-refractivity contribution in [2.45, 2.75) is 44.1 Å². The summed E-state index contributed by atoms with van der Waals surface area (Å²) in [5.74, 6) is -0.710. The SMILES string of the molecule is CC(C(N)=O)[C@H](Cc1ccc(Cl)cc1)C(=O)N1C[C@@H](c2ccccc2)C[C@H]1CN1CCC(c2ccccc2)C1. The van der Waals surface area contributed by atoms with Crippen LogP contribution in [0.5, 0.6) is 0 Å². The minimum absolute atomic E-state index is 0.0264. The zero-order chi connectivity index (χ0) is 27.4. The van der Waals surface area contributed by atoms with Gasteiger partial charge in [-0.1, -0.05) is 91.3 Å². The van der Waals surface area contributed by atoms with Crippen LogP contribution in [-0.2, 0) is 16.0 Å². The van der Waals surface area contributed by atoms with E-state index in [2.05, 4.69) is 64.4 Å². The van der Waals surface area contributed by atoms with Crippen LogP contribution in [0, 0.1) is 11.8 Å². The molecular formula is C33H38ClN3O2. The molecule has 0 radical (unpaired) electrons. The average Bonchev–Trinajstić information content (AvgIpc) is 3.61. The van der Waals surface area contributed by atoms with Gasteiger partial charge in [0.2, 0.25) is 11.8 Å². The minimum atomic E-state index is -0.571. The van der Waals surface area contributed by atoms with Gasteiger partial charge in [0.05, 0.1) is 5.92 Å². The van der Waals surface area contributed by atoms with Crippen molar-refractivity contribution in [3.63, 3.8) is 0 Å². The highest BCUT2D eigenvalue weighted by Gasteiger charge is 2.42. The number of nitrogens with zero attached hydrogens (tertiary/aromatic N) is 2. The molecule has 2 saturated heterocycles. The summed E-state index contributed by atoms with van der Waals surface area (Å²) in [5, 5.41) is 0.648. The normalized spacial score (nSPS) is 23.0. The zero-order valence-electron chi connectivity index (χ0n) is 22.6. The summed E-state index contributed by atoms with van der Waals surface area (Å²) < 4.78 is 0. The van der Waals surface area contributed by atoms with Gasteiger partial charge in [-0.25, -0.2) is 0 Å². The van der Waals surface area contributed by atoms with Crippen LogP contribution in [0.3, 0.4) is 0 Å². The number of hydrogen-bond donors (Lipinski definition) is 1. The van der Waals surface area contributed by atoms with Gasteiger partial charge in [-0.2, -0.15) is 0 Å².